The van der Waals surface area contributed by atoms with Gasteiger partial charge in [-0.3, -0.25) is 4.79 Å². The lowest BCUT2D eigenvalue weighted by molar-refractivity contribution is -0.135. The predicted octanol–water partition coefficient (Wildman–Crippen LogP) is 4.29. The Bertz CT molecular complexity index is 1020. The molecule has 0 spiro atoms. The molecular weight excluding hydrogens is 388 g/mol. The second kappa shape index (κ2) is 9.77. The molecule has 1 aliphatic rings. The molecule has 31 heavy (non-hydrogen) atoms. The first-order valence-electron chi connectivity index (χ1n) is 11.1. The summed E-state index contributed by atoms with van der Waals surface area (Å²) < 4.78 is 6.03. The van der Waals surface area contributed by atoms with Gasteiger partial charge >= 0.3 is 0 Å². The summed E-state index contributed by atoms with van der Waals surface area (Å²) in [5, 5.41) is 2.30. The third-order valence-corrected chi connectivity index (χ3v) is 5.84. The summed E-state index contributed by atoms with van der Waals surface area (Å²) in [5.74, 6) is 1.67. The zero-order chi connectivity index (χ0) is 21.6. The highest BCUT2D eigenvalue weighted by Crippen LogP contribution is 2.30. The number of rotatable bonds is 7. The monoisotopic (exact) mass is 418 g/mol. The van der Waals surface area contributed by atoms with Crippen molar-refractivity contribution in [2.45, 2.75) is 32.7 Å². The van der Waals surface area contributed by atoms with E-state index in [1.807, 2.05) is 36.2 Å². The van der Waals surface area contributed by atoms with Crippen LogP contribution in [-0.2, 0) is 11.3 Å². The molecule has 0 radical (unpaired) electrons. The van der Waals surface area contributed by atoms with Crippen LogP contribution in [0.2, 0.25) is 0 Å². The van der Waals surface area contributed by atoms with Crippen molar-refractivity contribution in [3.8, 4) is 5.75 Å². The minimum Gasteiger partial charge on any atom is -0.493 e. The first kappa shape index (κ1) is 21.1. The first-order valence-corrected chi connectivity index (χ1v) is 11.1. The number of anilines is 1. The van der Waals surface area contributed by atoms with Gasteiger partial charge in [-0.2, -0.15) is 0 Å². The summed E-state index contributed by atoms with van der Waals surface area (Å²) in [4.78, 5) is 26.0. The smallest absolute Gasteiger partial charge is 0.227 e. The quantitative estimate of drug-likeness (QED) is 0.573. The van der Waals surface area contributed by atoms with Crippen LogP contribution in [-0.4, -0.2) is 47.5 Å². The molecule has 0 aliphatic carbocycles. The zero-order valence-electron chi connectivity index (χ0n) is 18.3. The molecule has 1 aromatic heterocycles. The lowest BCUT2D eigenvalue weighted by Gasteiger charge is -2.34. The molecule has 6 heteroatoms. The van der Waals surface area contributed by atoms with E-state index in [9.17, 15) is 4.79 Å². The maximum Gasteiger partial charge on any atom is 0.227 e. The number of benzene rings is 2. The van der Waals surface area contributed by atoms with Crippen molar-refractivity contribution in [3.63, 3.8) is 0 Å². The molecular formula is C25H30N4O2. The second-order valence-corrected chi connectivity index (χ2v) is 8.14. The molecule has 1 aliphatic heterocycles. The average Bonchev–Trinajstić information content (AvgIpc) is 2.83. The molecule has 1 fully saturated rings. The Morgan fingerprint density at radius 2 is 1.97 bits per heavy atom. The van der Waals surface area contributed by atoms with Gasteiger partial charge in [-0.25, -0.2) is 9.97 Å². The molecule has 0 saturated carbocycles. The van der Waals surface area contributed by atoms with Crippen LogP contribution < -0.4 is 9.64 Å². The molecule has 1 saturated heterocycles. The molecule has 3 aromatic rings. The van der Waals surface area contributed by atoms with Gasteiger partial charge in [0.1, 0.15) is 5.75 Å². The number of hydrogen-bond acceptors (Lipinski definition) is 5. The normalized spacial score (nSPS) is 16.3. The van der Waals surface area contributed by atoms with Crippen LogP contribution in [0, 0.1) is 5.92 Å². The highest BCUT2D eigenvalue weighted by atomic mass is 16.5. The van der Waals surface area contributed by atoms with Gasteiger partial charge in [0.25, 0.3) is 0 Å². The Hall–Kier alpha value is -3.15. The molecule has 1 amide bonds. The van der Waals surface area contributed by atoms with E-state index in [4.69, 9.17) is 4.74 Å². The number of carbonyl (C=O) groups is 1. The van der Waals surface area contributed by atoms with Gasteiger partial charge in [-0.1, -0.05) is 37.3 Å². The SMILES string of the molecule is CCCOc1ccc2ccccc2c1CN(C)C(=O)C1CCCN(c2ncccn2)C1. The van der Waals surface area contributed by atoms with Crippen molar-refractivity contribution in [2.24, 2.45) is 5.92 Å². The number of ether oxygens (including phenoxy) is 1. The molecule has 1 atom stereocenters. The maximum atomic E-state index is 13.4. The number of aromatic nitrogens is 2. The van der Waals surface area contributed by atoms with Crippen molar-refractivity contribution in [3.05, 3.63) is 60.4 Å². The van der Waals surface area contributed by atoms with Crippen molar-refractivity contribution in [1.29, 1.82) is 0 Å². The topological polar surface area (TPSA) is 58.6 Å². The van der Waals surface area contributed by atoms with Gasteiger partial charge in [0.15, 0.2) is 0 Å². The summed E-state index contributed by atoms with van der Waals surface area (Å²) in [6.07, 6.45) is 6.29. The van der Waals surface area contributed by atoms with Gasteiger partial charge < -0.3 is 14.5 Å². The fourth-order valence-electron chi connectivity index (χ4n) is 4.27. The van der Waals surface area contributed by atoms with Crippen LogP contribution in [0.1, 0.15) is 31.7 Å². The van der Waals surface area contributed by atoms with E-state index < -0.39 is 0 Å². The summed E-state index contributed by atoms with van der Waals surface area (Å²) in [7, 11) is 1.89. The Kier molecular flexibility index (Phi) is 6.65. The van der Waals surface area contributed by atoms with Crippen LogP contribution in [0.15, 0.2) is 54.9 Å². The van der Waals surface area contributed by atoms with Crippen LogP contribution >= 0.6 is 0 Å². The van der Waals surface area contributed by atoms with Crippen molar-refractivity contribution < 1.29 is 9.53 Å². The van der Waals surface area contributed by atoms with E-state index in [0.717, 1.165) is 47.9 Å². The van der Waals surface area contributed by atoms with Crippen LogP contribution in [0.3, 0.4) is 0 Å². The number of hydrogen-bond donors (Lipinski definition) is 0. The Morgan fingerprint density at radius 3 is 2.77 bits per heavy atom. The van der Waals surface area contributed by atoms with E-state index in [2.05, 4.69) is 40.0 Å². The lowest BCUT2D eigenvalue weighted by Crippen LogP contribution is -2.44. The molecule has 2 heterocycles. The van der Waals surface area contributed by atoms with Crippen LogP contribution in [0.25, 0.3) is 10.8 Å². The number of carbonyl (C=O) groups excluding carboxylic acids is 1. The zero-order valence-corrected chi connectivity index (χ0v) is 18.3. The predicted molar refractivity (Wildman–Crippen MR) is 123 cm³/mol. The van der Waals surface area contributed by atoms with E-state index in [1.165, 1.54) is 0 Å². The van der Waals surface area contributed by atoms with E-state index in [-0.39, 0.29) is 11.8 Å². The van der Waals surface area contributed by atoms with Crippen molar-refractivity contribution in [2.75, 3.05) is 31.6 Å². The largest absolute Gasteiger partial charge is 0.493 e. The maximum absolute atomic E-state index is 13.4. The van der Waals surface area contributed by atoms with Gasteiger partial charge in [-0.05, 0) is 42.2 Å². The van der Waals surface area contributed by atoms with E-state index >= 15 is 0 Å². The highest BCUT2D eigenvalue weighted by Gasteiger charge is 2.29. The Balaban J connectivity index is 1.53. The second-order valence-electron chi connectivity index (χ2n) is 8.14. The van der Waals surface area contributed by atoms with E-state index in [0.29, 0.717) is 25.6 Å². The number of piperidine rings is 1. The van der Waals surface area contributed by atoms with Crippen LogP contribution in [0.5, 0.6) is 5.75 Å². The molecule has 0 N–H and O–H groups in total. The summed E-state index contributed by atoms with van der Waals surface area (Å²) in [6, 6.07) is 14.2. The van der Waals surface area contributed by atoms with Gasteiger partial charge in [-0.15, -0.1) is 0 Å². The highest BCUT2D eigenvalue weighted by molar-refractivity contribution is 5.88. The summed E-state index contributed by atoms with van der Waals surface area (Å²) in [6.45, 7) is 4.83. The fraction of sp³-hybridized carbons (Fsp3) is 0.400. The number of amides is 1. The standard InChI is InChI=1S/C25H30N4O2/c1-3-16-31-23-12-11-19-8-4-5-10-21(19)22(23)18-28(2)24(30)20-9-6-15-29(17-20)25-26-13-7-14-27-25/h4-5,7-8,10-14,20H,3,6,9,15-18H2,1-2H3. The number of nitrogens with zero attached hydrogens (tertiary/aromatic N) is 4. The van der Waals surface area contributed by atoms with E-state index in [1.54, 1.807) is 12.4 Å². The fourth-order valence-corrected chi connectivity index (χ4v) is 4.27. The minimum atomic E-state index is -0.0578. The lowest BCUT2D eigenvalue weighted by atomic mass is 9.96. The van der Waals surface area contributed by atoms with Gasteiger partial charge in [0, 0.05) is 44.6 Å². The average molecular weight is 419 g/mol. The Morgan fingerprint density at radius 1 is 1.16 bits per heavy atom. The van der Waals surface area contributed by atoms with Gasteiger partial charge in [0.05, 0.1) is 12.5 Å². The molecule has 1 unspecified atom stereocenters. The molecule has 2 aromatic carbocycles. The molecule has 4 rings (SSSR count). The van der Waals surface area contributed by atoms with Crippen LogP contribution in [0.4, 0.5) is 5.95 Å². The molecule has 162 valence electrons. The molecule has 6 nitrogen and oxygen atoms in total. The van der Waals surface area contributed by atoms with Gasteiger partial charge in [0.2, 0.25) is 11.9 Å². The third-order valence-electron chi connectivity index (χ3n) is 5.84. The minimum absolute atomic E-state index is 0.0578. The number of fused-ring (bicyclic) bond motifs is 1. The van der Waals surface area contributed by atoms with Crippen molar-refractivity contribution >= 4 is 22.6 Å². The summed E-state index contributed by atoms with van der Waals surface area (Å²) in [5.41, 5.74) is 1.07. The Labute approximate surface area is 183 Å². The summed E-state index contributed by atoms with van der Waals surface area (Å²) >= 11 is 0. The molecule has 0 bridgehead atoms. The first-order chi connectivity index (χ1) is 15.2. The van der Waals surface area contributed by atoms with Crippen molar-refractivity contribution in [1.82, 2.24) is 14.9 Å². The third kappa shape index (κ3) is 4.79.